The van der Waals surface area contributed by atoms with Crippen LogP contribution in [0.2, 0.25) is 0 Å². The smallest absolute Gasteiger partial charge is 0.191 e. The number of hydrogen-bond donors (Lipinski definition) is 2. The summed E-state index contributed by atoms with van der Waals surface area (Å²) in [7, 11) is 3.66. The molecule has 0 saturated carbocycles. The molecule has 0 aliphatic carbocycles. The van der Waals surface area contributed by atoms with Gasteiger partial charge in [-0.3, -0.25) is 9.67 Å². The van der Waals surface area contributed by atoms with Crippen LogP contribution in [-0.4, -0.2) is 55.1 Å². The normalized spacial score (nSPS) is 17.6. The molecule has 0 bridgehead atoms. The van der Waals surface area contributed by atoms with Gasteiger partial charge in [-0.15, -0.1) is 24.0 Å². The van der Waals surface area contributed by atoms with Crippen molar-refractivity contribution in [3.05, 3.63) is 42.2 Å². The first-order valence-corrected chi connectivity index (χ1v) is 11.0. The molecular formula is C23H37IN6O. The average Bonchev–Trinajstić information content (AvgIpc) is 3.20. The number of hydrogen-bond acceptors (Lipinski definition) is 4. The molecule has 2 heterocycles. The van der Waals surface area contributed by atoms with E-state index in [9.17, 15) is 0 Å². The monoisotopic (exact) mass is 540 g/mol. The maximum atomic E-state index is 5.25. The summed E-state index contributed by atoms with van der Waals surface area (Å²) in [6.07, 6.45) is 7.36. The summed E-state index contributed by atoms with van der Waals surface area (Å²) in [5, 5.41) is 11.4. The van der Waals surface area contributed by atoms with Crippen molar-refractivity contribution in [1.29, 1.82) is 0 Å². The van der Waals surface area contributed by atoms with Gasteiger partial charge in [-0.1, -0.05) is 19.1 Å². The van der Waals surface area contributed by atoms with Crippen molar-refractivity contribution in [2.45, 2.75) is 45.1 Å². The summed E-state index contributed by atoms with van der Waals surface area (Å²) in [6, 6.07) is 8.73. The van der Waals surface area contributed by atoms with E-state index in [1.165, 1.54) is 17.7 Å². The first-order valence-electron chi connectivity index (χ1n) is 11.0. The van der Waals surface area contributed by atoms with Crippen LogP contribution in [0, 0.1) is 0 Å². The predicted octanol–water partition coefficient (Wildman–Crippen LogP) is 3.76. The van der Waals surface area contributed by atoms with E-state index in [-0.39, 0.29) is 24.0 Å². The second-order valence-electron chi connectivity index (χ2n) is 8.03. The summed E-state index contributed by atoms with van der Waals surface area (Å²) < 4.78 is 7.11. The maximum absolute atomic E-state index is 5.25. The standard InChI is InChI=1S/C23H36N6O.HI/c1-5-24-23(25-13-12-18(2)19-8-10-22(30-4)11-9-19)27-20-7-6-14-29(16-20)21-15-26-28(3)17-21;/h8-11,15,17-18,20H,5-7,12-14,16H2,1-4H3,(H2,24,25,27);1H. The van der Waals surface area contributed by atoms with Gasteiger partial charge in [0, 0.05) is 45.5 Å². The van der Waals surface area contributed by atoms with Crippen molar-refractivity contribution in [1.82, 2.24) is 20.4 Å². The van der Waals surface area contributed by atoms with Crippen LogP contribution < -0.4 is 20.3 Å². The highest BCUT2D eigenvalue weighted by atomic mass is 127. The van der Waals surface area contributed by atoms with E-state index >= 15 is 0 Å². The lowest BCUT2D eigenvalue weighted by Gasteiger charge is -2.34. The lowest BCUT2D eigenvalue weighted by Crippen LogP contribution is -2.51. The lowest BCUT2D eigenvalue weighted by atomic mass is 9.98. The molecule has 0 amide bonds. The molecule has 8 heteroatoms. The molecule has 2 unspecified atom stereocenters. The lowest BCUT2D eigenvalue weighted by molar-refractivity contribution is 0.414. The van der Waals surface area contributed by atoms with Gasteiger partial charge in [0.25, 0.3) is 0 Å². The van der Waals surface area contributed by atoms with Crippen LogP contribution in [0.25, 0.3) is 0 Å². The van der Waals surface area contributed by atoms with E-state index < -0.39 is 0 Å². The fourth-order valence-corrected chi connectivity index (χ4v) is 3.88. The minimum atomic E-state index is 0. The first-order chi connectivity index (χ1) is 14.6. The Morgan fingerprint density at radius 3 is 2.74 bits per heavy atom. The highest BCUT2D eigenvalue weighted by molar-refractivity contribution is 14.0. The number of piperidine rings is 1. The van der Waals surface area contributed by atoms with Crippen molar-refractivity contribution < 1.29 is 4.74 Å². The van der Waals surface area contributed by atoms with Gasteiger partial charge in [-0.05, 0) is 49.8 Å². The number of aromatic nitrogens is 2. The molecule has 1 aliphatic rings. The summed E-state index contributed by atoms with van der Waals surface area (Å²) >= 11 is 0. The number of ether oxygens (including phenoxy) is 1. The van der Waals surface area contributed by atoms with Gasteiger partial charge in [-0.2, -0.15) is 5.10 Å². The van der Waals surface area contributed by atoms with Crippen LogP contribution in [-0.2, 0) is 7.05 Å². The van der Waals surface area contributed by atoms with Crippen LogP contribution >= 0.6 is 24.0 Å². The van der Waals surface area contributed by atoms with Crippen LogP contribution in [0.1, 0.15) is 44.6 Å². The molecule has 1 fully saturated rings. The van der Waals surface area contributed by atoms with Crippen LogP contribution in [0.4, 0.5) is 5.69 Å². The Balaban J connectivity index is 0.00000341. The second kappa shape index (κ2) is 12.8. The molecule has 1 aliphatic heterocycles. The number of aliphatic imine (C=N–C) groups is 1. The molecule has 0 radical (unpaired) electrons. The minimum Gasteiger partial charge on any atom is -0.497 e. The third kappa shape index (κ3) is 7.59. The van der Waals surface area contributed by atoms with Gasteiger partial charge in [0.15, 0.2) is 5.96 Å². The quantitative estimate of drug-likeness (QED) is 0.303. The molecule has 2 N–H and O–H groups in total. The van der Waals surface area contributed by atoms with E-state index in [0.717, 1.165) is 50.7 Å². The van der Waals surface area contributed by atoms with E-state index in [2.05, 4.69) is 52.8 Å². The molecule has 172 valence electrons. The average molecular weight is 540 g/mol. The van der Waals surface area contributed by atoms with E-state index in [4.69, 9.17) is 9.73 Å². The molecule has 1 aromatic heterocycles. The third-order valence-electron chi connectivity index (χ3n) is 5.68. The zero-order chi connectivity index (χ0) is 21.3. The first kappa shape index (κ1) is 25.3. The van der Waals surface area contributed by atoms with Gasteiger partial charge in [0.05, 0.1) is 19.0 Å². The SMILES string of the molecule is CCNC(=NCCC(C)c1ccc(OC)cc1)NC1CCCN(c2cnn(C)c2)C1.I. The number of halogens is 1. The molecule has 1 aromatic carbocycles. The number of anilines is 1. The Morgan fingerprint density at radius 2 is 2.10 bits per heavy atom. The largest absolute Gasteiger partial charge is 0.497 e. The number of aryl methyl sites for hydroxylation is 1. The van der Waals surface area contributed by atoms with Gasteiger partial charge in [0.2, 0.25) is 0 Å². The van der Waals surface area contributed by atoms with Crippen molar-refractivity contribution >= 4 is 35.6 Å². The second-order valence-corrected chi connectivity index (χ2v) is 8.03. The number of rotatable bonds is 8. The fourth-order valence-electron chi connectivity index (χ4n) is 3.88. The number of benzene rings is 1. The molecule has 0 spiro atoms. The maximum Gasteiger partial charge on any atom is 0.191 e. The molecule has 3 rings (SSSR count). The summed E-state index contributed by atoms with van der Waals surface area (Å²) in [5.41, 5.74) is 2.52. The summed E-state index contributed by atoms with van der Waals surface area (Å²) in [4.78, 5) is 7.25. The number of methoxy groups -OCH3 is 1. The molecule has 1 saturated heterocycles. The van der Waals surface area contributed by atoms with Crippen LogP contribution in [0.15, 0.2) is 41.7 Å². The topological polar surface area (TPSA) is 66.7 Å². The van der Waals surface area contributed by atoms with E-state index in [1.54, 1.807) is 7.11 Å². The Kier molecular flexibility index (Phi) is 10.4. The Bertz CT molecular complexity index is 807. The Labute approximate surface area is 203 Å². The zero-order valence-corrected chi connectivity index (χ0v) is 21.5. The minimum absolute atomic E-state index is 0. The fraction of sp³-hybridized carbons (Fsp3) is 0.565. The zero-order valence-electron chi connectivity index (χ0n) is 19.2. The van der Waals surface area contributed by atoms with Crippen molar-refractivity contribution in [3.63, 3.8) is 0 Å². The van der Waals surface area contributed by atoms with Crippen LogP contribution in [0.3, 0.4) is 0 Å². The molecule has 2 aromatic rings. The van der Waals surface area contributed by atoms with Gasteiger partial charge in [-0.25, -0.2) is 0 Å². The summed E-state index contributed by atoms with van der Waals surface area (Å²) in [5.74, 6) is 2.27. The summed E-state index contributed by atoms with van der Waals surface area (Å²) in [6.45, 7) is 8.07. The Morgan fingerprint density at radius 1 is 1.32 bits per heavy atom. The van der Waals surface area contributed by atoms with Crippen molar-refractivity contribution in [3.8, 4) is 5.75 Å². The number of nitrogens with one attached hydrogen (secondary N) is 2. The van der Waals surface area contributed by atoms with E-state index in [1.807, 2.05) is 30.1 Å². The van der Waals surface area contributed by atoms with Crippen molar-refractivity contribution in [2.75, 3.05) is 38.2 Å². The van der Waals surface area contributed by atoms with E-state index in [0.29, 0.717) is 12.0 Å². The van der Waals surface area contributed by atoms with Gasteiger partial charge >= 0.3 is 0 Å². The highest BCUT2D eigenvalue weighted by Gasteiger charge is 2.21. The molecule has 7 nitrogen and oxygen atoms in total. The predicted molar refractivity (Wildman–Crippen MR) is 139 cm³/mol. The molecule has 31 heavy (non-hydrogen) atoms. The molecule has 2 atom stereocenters. The highest BCUT2D eigenvalue weighted by Crippen LogP contribution is 2.22. The third-order valence-corrected chi connectivity index (χ3v) is 5.68. The Hall–Kier alpha value is -1.97. The molecular weight excluding hydrogens is 503 g/mol. The van der Waals surface area contributed by atoms with Crippen LogP contribution in [0.5, 0.6) is 5.75 Å². The van der Waals surface area contributed by atoms with Gasteiger partial charge in [0.1, 0.15) is 5.75 Å². The number of nitrogens with zero attached hydrogens (tertiary/aromatic N) is 4. The number of guanidine groups is 1. The van der Waals surface area contributed by atoms with Gasteiger partial charge < -0.3 is 20.3 Å². The van der Waals surface area contributed by atoms with Crippen molar-refractivity contribution in [2.24, 2.45) is 12.0 Å².